The molecule has 0 saturated carbocycles. The molecule has 3 rings (SSSR count). The number of methoxy groups -OCH3 is 1. The van der Waals surface area contributed by atoms with E-state index in [4.69, 9.17) is 18.9 Å². The van der Waals surface area contributed by atoms with Crippen LogP contribution in [0, 0.1) is 0 Å². The van der Waals surface area contributed by atoms with E-state index in [1.807, 2.05) is 30.0 Å². The highest BCUT2D eigenvalue weighted by atomic mass is 16.7. The predicted octanol–water partition coefficient (Wildman–Crippen LogP) is 3.98. The summed E-state index contributed by atoms with van der Waals surface area (Å²) >= 11 is 0. The molecule has 36 heavy (non-hydrogen) atoms. The summed E-state index contributed by atoms with van der Waals surface area (Å²) in [6.07, 6.45) is 1.63. The number of benzene rings is 2. The third-order valence-corrected chi connectivity index (χ3v) is 5.92. The summed E-state index contributed by atoms with van der Waals surface area (Å²) in [7, 11) is 1.60. The first-order valence-corrected chi connectivity index (χ1v) is 12.3. The number of carbonyl (C=O) groups is 3. The first-order valence-electron chi connectivity index (χ1n) is 12.3. The summed E-state index contributed by atoms with van der Waals surface area (Å²) in [6, 6.07) is 12.0. The molecule has 1 aliphatic heterocycles. The average molecular weight is 499 g/mol. The van der Waals surface area contributed by atoms with E-state index in [2.05, 4.69) is 5.32 Å². The second-order valence-electron chi connectivity index (χ2n) is 8.36. The Hall–Kier alpha value is -3.75. The van der Waals surface area contributed by atoms with Gasteiger partial charge in [-0.3, -0.25) is 9.59 Å². The number of nitrogens with zero attached hydrogens (tertiary/aromatic N) is 1. The highest BCUT2D eigenvalue weighted by Gasteiger charge is 2.24. The standard InChI is InChI=1S/C27H34N2O7/c1-4-34-23-12-6-19(18-24(23)33-3)7-13-25(30)29-16-14-21(15-17-29)28-26(31)20-8-10-22(11-9-20)36-27(32)35-5-2/h6,8-12,18,21H,4-5,7,13-17H2,1-3H3,(H,28,31). The molecule has 0 atom stereocenters. The Morgan fingerprint density at radius 3 is 2.33 bits per heavy atom. The summed E-state index contributed by atoms with van der Waals surface area (Å²) in [4.78, 5) is 38.6. The van der Waals surface area contributed by atoms with Gasteiger partial charge in [-0.05, 0) is 75.1 Å². The molecular formula is C27H34N2O7. The lowest BCUT2D eigenvalue weighted by Gasteiger charge is -2.32. The molecule has 1 saturated heterocycles. The molecule has 2 aromatic rings. The molecule has 0 aliphatic carbocycles. The van der Waals surface area contributed by atoms with E-state index in [0.717, 1.165) is 5.56 Å². The van der Waals surface area contributed by atoms with Crippen molar-refractivity contribution in [3.63, 3.8) is 0 Å². The van der Waals surface area contributed by atoms with E-state index >= 15 is 0 Å². The van der Waals surface area contributed by atoms with Gasteiger partial charge in [0, 0.05) is 31.1 Å². The van der Waals surface area contributed by atoms with Crippen LogP contribution in [0.4, 0.5) is 4.79 Å². The van der Waals surface area contributed by atoms with Crippen LogP contribution in [-0.2, 0) is 16.0 Å². The molecule has 1 heterocycles. The van der Waals surface area contributed by atoms with Gasteiger partial charge in [0.2, 0.25) is 5.91 Å². The molecule has 0 unspecified atom stereocenters. The number of nitrogens with one attached hydrogen (secondary N) is 1. The number of amides is 2. The van der Waals surface area contributed by atoms with Crippen molar-refractivity contribution in [3.8, 4) is 17.2 Å². The van der Waals surface area contributed by atoms with Crippen molar-refractivity contribution >= 4 is 18.0 Å². The lowest BCUT2D eigenvalue weighted by Crippen LogP contribution is -2.46. The van der Waals surface area contributed by atoms with Crippen LogP contribution in [0.1, 0.15) is 49.0 Å². The second kappa shape index (κ2) is 13.4. The zero-order valence-corrected chi connectivity index (χ0v) is 21.1. The average Bonchev–Trinajstić information content (AvgIpc) is 2.89. The molecule has 9 nitrogen and oxygen atoms in total. The van der Waals surface area contributed by atoms with Crippen LogP contribution < -0.4 is 19.5 Å². The molecule has 1 fully saturated rings. The van der Waals surface area contributed by atoms with Crippen LogP contribution in [0.2, 0.25) is 0 Å². The third-order valence-electron chi connectivity index (χ3n) is 5.92. The topological polar surface area (TPSA) is 103 Å². The van der Waals surface area contributed by atoms with Gasteiger partial charge >= 0.3 is 6.16 Å². The van der Waals surface area contributed by atoms with Crippen molar-refractivity contribution in [1.29, 1.82) is 0 Å². The number of carbonyl (C=O) groups excluding carboxylic acids is 3. The molecule has 2 amide bonds. The number of likely N-dealkylation sites (tertiary alicyclic amines) is 1. The van der Waals surface area contributed by atoms with Gasteiger partial charge in [-0.1, -0.05) is 6.07 Å². The lowest BCUT2D eigenvalue weighted by atomic mass is 10.0. The number of ether oxygens (including phenoxy) is 4. The fraction of sp³-hybridized carbons (Fsp3) is 0.444. The summed E-state index contributed by atoms with van der Waals surface area (Å²) in [5, 5.41) is 3.03. The van der Waals surface area contributed by atoms with Crippen molar-refractivity contribution in [1.82, 2.24) is 10.2 Å². The van der Waals surface area contributed by atoms with Crippen LogP contribution in [0.5, 0.6) is 17.2 Å². The molecule has 0 bridgehead atoms. The maximum Gasteiger partial charge on any atom is 0.513 e. The highest BCUT2D eigenvalue weighted by molar-refractivity contribution is 5.94. The molecule has 1 aliphatic rings. The zero-order chi connectivity index (χ0) is 25.9. The number of aryl methyl sites for hydroxylation is 1. The molecular weight excluding hydrogens is 464 g/mol. The van der Waals surface area contributed by atoms with Crippen molar-refractivity contribution in [2.75, 3.05) is 33.4 Å². The minimum atomic E-state index is -0.782. The molecule has 194 valence electrons. The van der Waals surface area contributed by atoms with Crippen molar-refractivity contribution in [2.24, 2.45) is 0 Å². The fourth-order valence-corrected chi connectivity index (χ4v) is 4.01. The Labute approximate surface area is 211 Å². The van der Waals surface area contributed by atoms with Gasteiger partial charge in [0.05, 0.1) is 20.3 Å². The summed E-state index contributed by atoms with van der Waals surface area (Å²) in [5.74, 6) is 1.57. The van der Waals surface area contributed by atoms with Gasteiger partial charge in [0.15, 0.2) is 11.5 Å². The van der Waals surface area contributed by atoms with Crippen LogP contribution in [0.3, 0.4) is 0 Å². The molecule has 0 aromatic heterocycles. The molecule has 1 N–H and O–H groups in total. The minimum absolute atomic E-state index is 0.00706. The number of hydrogen-bond acceptors (Lipinski definition) is 7. The second-order valence-corrected chi connectivity index (χ2v) is 8.36. The smallest absolute Gasteiger partial charge is 0.493 e. The summed E-state index contributed by atoms with van der Waals surface area (Å²) in [5.41, 5.74) is 1.49. The first-order chi connectivity index (χ1) is 17.4. The first kappa shape index (κ1) is 26.8. The largest absolute Gasteiger partial charge is 0.513 e. The van der Waals surface area contributed by atoms with Gasteiger partial charge in [0.1, 0.15) is 5.75 Å². The van der Waals surface area contributed by atoms with Gasteiger partial charge in [-0.25, -0.2) is 4.79 Å². The minimum Gasteiger partial charge on any atom is -0.493 e. The maximum atomic E-state index is 12.7. The highest BCUT2D eigenvalue weighted by Crippen LogP contribution is 2.28. The van der Waals surface area contributed by atoms with E-state index in [0.29, 0.717) is 68.2 Å². The summed E-state index contributed by atoms with van der Waals surface area (Å²) in [6.45, 7) is 5.59. The molecule has 2 aromatic carbocycles. The van der Waals surface area contributed by atoms with Crippen molar-refractivity contribution < 1.29 is 33.3 Å². The Kier molecular flexibility index (Phi) is 9.97. The van der Waals surface area contributed by atoms with Crippen LogP contribution in [0.15, 0.2) is 42.5 Å². The SMILES string of the molecule is CCOC(=O)Oc1ccc(C(=O)NC2CCN(C(=O)CCc3ccc(OCC)c(OC)c3)CC2)cc1. The Balaban J connectivity index is 1.42. The Bertz CT molecular complexity index is 1030. The van der Waals surface area contributed by atoms with Gasteiger partial charge in [0.25, 0.3) is 5.91 Å². The number of piperidine rings is 1. The molecule has 0 spiro atoms. The quantitative estimate of drug-likeness (QED) is 0.390. The summed E-state index contributed by atoms with van der Waals surface area (Å²) < 4.78 is 20.7. The zero-order valence-electron chi connectivity index (χ0n) is 21.1. The fourth-order valence-electron chi connectivity index (χ4n) is 4.01. The van der Waals surface area contributed by atoms with Crippen molar-refractivity contribution in [3.05, 3.63) is 53.6 Å². The van der Waals surface area contributed by atoms with E-state index in [-0.39, 0.29) is 24.5 Å². The number of rotatable bonds is 10. The van der Waals surface area contributed by atoms with Gasteiger partial charge in [-0.2, -0.15) is 0 Å². The molecule has 9 heteroatoms. The van der Waals surface area contributed by atoms with Crippen molar-refractivity contribution in [2.45, 2.75) is 45.6 Å². The van der Waals surface area contributed by atoms with Crippen LogP contribution in [-0.4, -0.2) is 62.3 Å². The van der Waals surface area contributed by atoms with E-state index in [1.54, 1.807) is 38.3 Å². The monoisotopic (exact) mass is 498 g/mol. The van der Waals surface area contributed by atoms with Crippen LogP contribution in [0.25, 0.3) is 0 Å². The molecule has 0 radical (unpaired) electrons. The van der Waals surface area contributed by atoms with E-state index in [9.17, 15) is 14.4 Å². The maximum absolute atomic E-state index is 12.7. The van der Waals surface area contributed by atoms with Crippen LogP contribution >= 0.6 is 0 Å². The lowest BCUT2D eigenvalue weighted by molar-refractivity contribution is -0.132. The van der Waals surface area contributed by atoms with E-state index < -0.39 is 6.16 Å². The predicted molar refractivity (Wildman–Crippen MR) is 134 cm³/mol. The Morgan fingerprint density at radius 1 is 0.972 bits per heavy atom. The third kappa shape index (κ3) is 7.63. The normalized spacial score (nSPS) is 13.6. The van der Waals surface area contributed by atoms with Gasteiger partial charge < -0.3 is 29.2 Å². The number of hydrogen-bond donors (Lipinski definition) is 1. The van der Waals surface area contributed by atoms with Gasteiger partial charge in [-0.15, -0.1) is 0 Å². The Morgan fingerprint density at radius 2 is 1.69 bits per heavy atom. The van der Waals surface area contributed by atoms with E-state index in [1.165, 1.54) is 0 Å².